The number of amides is 1. The normalized spacial score (nSPS) is 19.3. The van der Waals surface area contributed by atoms with Gasteiger partial charge in [-0.1, -0.05) is 71.6 Å². The first kappa shape index (κ1) is 28.2. The van der Waals surface area contributed by atoms with Crippen molar-refractivity contribution >= 4 is 35.0 Å². The van der Waals surface area contributed by atoms with Crippen molar-refractivity contribution in [2.45, 2.75) is 68.6 Å². The molecule has 9 nitrogen and oxygen atoms in total. The molecule has 38 heavy (non-hydrogen) atoms. The van der Waals surface area contributed by atoms with E-state index in [1.807, 2.05) is 55.5 Å². The van der Waals surface area contributed by atoms with E-state index in [-0.39, 0.29) is 37.6 Å². The molecule has 0 radical (unpaired) electrons. The molecule has 4 rings (SSSR count). The average Bonchev–Trinajstić information content (AvgIpc) is 3.35. The molecule has 3 atom stereocenters. The second kappa shape index (κ2) is 13.8. The lowest BCUT2D eigenvalue weighted by molar-refractivity contribution is -0.245. The maximum atomic E-state index is 12.0. The van der Waals surface area contributed by atoms with Crippen molar-refractivity contribution in [3.8, 4) is 0 Å². The summed E-state index contributed by atoms with van der Waals surface area (Å²) in [6.07, 6.45) is 0.362. The summed E-state index contributed by atoms with van der Waals surface area (Å²) >= 11 is 3.19. The number of hydrogen-bond acceptors (Lipinski definition) is 9. The number of nitrogens with one attached hydrogen (secondary N) is 1. The highest BCUT2D eigenvalue weighted by molar-refractivity contribution is 8.01. The van der Waals surface area contributed by atoms with Crippen LogP contribution in [-0.4, -0.2) is 44.1 Å². The highest BCUT2D eigenvalue weighted by atomic mass is 32.2. The van der Waals surface area contributed by atoms with E-state index in [2.05, 4.69) is 15.5 Å². The lowest BCUT2D eigenvalue weighted by Gasteiger charge is -2.36. The topological polar surface area (TPSA) is 131 Å². The van der Waals surface area contributed by atoms with E-state index < -0.39 is 12.3 Å². The predicted octanol–water partition coefficient (Wildman–Crippen LogP) is 4.55. The molecule has 0 spiro atoms. The highest BCUT2D eigenvalue weighted by Gasteiger charge is 2.32. The minimum absolute atomic E-state index is 0.00674. The smallest absolute Gasteiger partial charge is 0.303 e. The molecule has 0 bridgehead atoms. The van der Waals surface area contributed by atoms with E-state index in [1.165, 1.54) is 0 Å². The summed E-state index contributed by atoms with van der Waals surface area (Å²) in [4.78, 5) is 22.6. The van der Waals surface area contributed by atoms with Gasteiger partial charge in [-0.2, -0.15) is 0 Å². The zero-order valence-corrected chi connectivity index (χ0v) is 22.7. The summed E-state index contributed by atoms with van der Waals surface area (Å²) in [6, 6.07) is 15.5. The maximum absolute atomic E-state index is 12.0. The number of thioether (sulfide) groups is 1. The van der Waals surface area contributed by atoms with Gasteiger partial charge < -0.3 is 25.0 Å². The number of aliphatic hydroxyl groups excluding tert-OH is 1. The van der Waals surface area contributed by atoms with E-state index in [0.29, 0.717) is 25.1 Å². The van der Waals surface area contributed by atoms with Crippen LogP contribution >= 0.6 is 23.1 Å². The summed E-state index contributed by atoms with van der Waals surface area (Å²) in [5, 5.41) is 30.1. The van der Waals surface area contributed by atoms with Crippen LogP contribution in [0.1, 0.15) is 65.3 Å². The Bertz CT molecular complexity index is 1200. The fourth-order valence-corrected chi connectivity index (χ4v) is 5.86. The Hall–Kier alpha value is -2.83. The van der Waals surface area contributed by atoms with Crippen molar-refractivity contribution in [1.29, 1.82) is 0 Å². The Morgan fingerprint density at radius 1 is 1.03 bits per heavy atom. The molecule has 11 heteroatoms. The van der Waals surface area contributed by atoms with Crippen LogP contribution in [0.25, 0.3) is 0 Å². The molecule has 202 valence electrons. The highest BCUT2D eigenvalue weighted by Crippen LogP contribution is 2.39. The number of aliphatic carboxylic acids is 1. The molecule has 0 aliphatic carbocycles. The summed E-state index contributed by atoms with van der Waals surface area (Å²) in [6.45, 7) is 2.29. The Labute approximate surface area is 229 Å². The molecule has 0 unspecified atom stereocenters. The number of benzene rings is 2. The zero-order valence-electron chi connectivity index (χ0n) is 21.0. The molecular formula is C27H31N3O6S2. The number of nitrogens with zero attached hydrogens (tertiary/aromatic N) is 2. The number of hydrogen-bond donors (Lipinski definition) is 3. The second-order valence-electron chi connectivity index (χ2n) is 9.01. The third-order valence-electron chi connectivity index (χ3n) is 6.05. The van der Waals surface area contributed by atoms with Crippen molar-refractivity contribution in [2.24, 2.45) is 0 Å². The fraction of sp³-hybridized carbons (Fsp3) is 0.407. The van der Waals surface area contributed by atoms with Crippen molar-refractivity contribution < 1.29 is 29.3 Å². The Kier molecular flexibility index (Phi) is 10.2. The Morgan fingerprint density at radius 3 is 2.39 bits per heavy atom. The van der Waals surface area contributed by atoms with Gasteiger partial charge in [-0.25, -0.2) is 0 Å². The van der Waals surface area contributed by atoms with E-state index in [9.17, 15) is 14.7 Å². The molecule has 3 aromatic rings. The standard InChI is InChI=1S/C27H31N3O6S2/c1-17-29-30-27(38-17)37-16-22-13-23(20-9-7-19(15-31)8-10-20)36-26(35-22)21-11-5-18(6-12-21)14-28-24(32)3-2-4-25(33)34/h5-12,22-23,26,31H,2-4,13-16H2,1H3,(H,28,32)(H,33,34)/t22-,23+,26+/m1/s1. The van der Waals surface area contributed by atoms with Crippen molar-refractivity contribution in [3.63, 3.8) is 0 Å². The predicted molar refractivity (Wildman–Crippen MR) is 144 cm³/mol. The molecule has 3 N–H and O–H groups in total. The molecule has 2 heterocycles. The largest absolute Gasteiger partial charge is 0.481 e. The van der Waals surface area contributed by atoms with Crippen molar-refractivity contribution in [2.75, 3.05) is 5.75 Å². The van der Waals surface area contributed by atoms with Gasteiger partial charge in [0.25, 0.3) is 0 Å². The van der Waals surface area contributed by atoms with Crippen LogP contribution in [0.5, 0.6) is 0 Å². The maximum Gasteiger partial charge on any atom is 0.303 e. The number of aliphatic hydroxyl groups is 1. The Balaban J connectivity index is 1.40. The van der Waals surface area contributed by atoms with Gasteiger partial charge in [0, 0.05) is 37.1 Å². The van der Waals surface area contributed by atoms with Gasteiger partial charge in [0.2, 0.25) is 5.91 Å². The quantitative estimate of drug-likeness (QED) is 0.275. The fourth-order valence-electron chi connectivity index (χ4n) is 4.01. The molecule has 1 aliphatic heterocycles. The van der Waals surface area contributed by atoms with Crippen LogP contribution < -0.4 is 5.32 Å². The monoisotopic (exact) mass is 557 g/mol. The number of carbonyl (C=O) groups excluding carboxylic acids is 1. The third-order valence-corrected chi connectivity index (χ3v) is 8.16. The first-order valence-corrected chi connectivity index (χ1v) is 14.2. The minimum Gasteiger partial charge on any atom is -0.481 e. The van der Waals surface area contributed by atoms with E-state index >= 15 is 0 Å². The SMILES string of the molecule is Cc1nnc(SC[C@H]2C[C@@H](c3ccc(CO)cc3)O[C@@H](c3ccc(CNC(=O)CCCC(=O)O)cc3)O2)s1. The summed E-state index contributed by atoms with van der Waals surface area (Å²) in [7, 11) is 0. The lowest BCUT2D eigenvalue weighted by Crippen LogP contribution is -2.31. The molecular weight excluding hydrogens is 526 g/mol. The van der Waals surface area contributed by atoms with Crippen molar-refractivity contribution in [1.82, 2.24) is 15.5 Å². The van der Waals surface area contributed by atoms with E-state index in [1.54, 1.807) is 23.1 Å². The van der Waals surface area contributed by atoms with Gasteiger partial charge in [0.05, 0.1) is 18.8 Å². The van der Waals surface area contributed by atoms with Gasteiger partial charge in [-0.05, 0) is 30.0 Å². The molecule has 0 saturated carbocycles. The summed E-state index contributed by atoms with van der Waals surface area (Å²) in [5.74, 6) is -0.359. The van der Waals surface area contributed by atoms with Crippen LogP contribution in [-0.2, 0) is 32.2 Å². The first-order chi connectivity index (χ1) is 18.4. The number of carboxylic acid groups (broad SMARTS) is 1. The van der Waals surface area contributed by atoms with E-state index in [0.717, 1.165) is 31.6 Å². The molecule has 1 saturated heterocycles. The van der Waals surface area contributed by atoms with E-state index in [4.69, 9.17) is 14.6 Å². The molecule has 1 fully saturated rings. The van der Waals surface area contributed by atoms with Crippen LogP contribution in [0, 0.1) is 6.92 Å². The number of carboxylic acids is 1. The number of ether oxygens (including phenoxy) is 2. The summed E-state index contributed by atoms with van der Waals surface area (Å²) < 4.78 is 13.6. The first-order valence-electron chi connectivity index (χ1n) is 12.4. The number of carbonyl (C=O) groups is 2. The van der Waals surface area contributed by atoms with Crippen LogP contribution in [0.3, 0.4) is 0 Å². The molecule has 1 aromatic heterocycles. The van der Waals surface area contributed by atoms with Crippen LogP contribution in [0.4, 0.5) is 0 Å². The van der Waals surface area contributed by atoms with Gasteiger partial charge in [-0.15, -0.1) is 10.2 Å². The molecule has 1 amide bonds. The number of aryl methyl sites for hydroxylation is 1. The van der Waals surface area contributed by atoms with Crippen LogP contribution in [0.2, 0.25) is 0 Å². The Morgan fingerprint density at radius 2 is 1.74 bits per heavy atom. The van der Waals surface area contributed by atoms with Gasteiger partial charge in [-0.3, -0.25) is 9.59 Å². The zero-order chi connectivity index (χ0) is 26.9. The van der Waals surface area contributed by atoms with Gasteiger partial charge in [0.1, 0.15) is 5.01 Å². The number of rotatable bonds is 12. The average molecular weight is 558 g/mol. The van der Waals surface area contributed by atoms with Gasteiger partial charge >= 0.3 is 5.97 Å². The minimum atomic E-state index is -0.902. The third kappa shape index (κ3) is 8.34. The van der Waals surface area contributed by atoms with Gasteiger partial charge in [0.15, 0.2) is 10.6 Å². The molecule has 1 aliphatic rings. The van der Waals surface area contributed by atoms with Crippen molar-refractivity contribution in [3.05, 3.63) is 75.8 Å². The van der Waals surface area contributed by atoms with Crippen LogP contribution in [0.15, 0.2) is 52.9 Å². The second-order valence-corrected chi connectivity index (χ2v) is 11.5. The number of aromatic nitrogens is 2. The molecule has 2 aromatic carbocycles. The lowest BCUT2D eigenvalue weighted by atomic mass is 10.0. The summed E-state index contributed by atoms with van der Waals surface area (Å²) in [5.41, 5.74) is 3.67.